The van der Waals surface area contributed by atoms with Gasteiger partial charge in [0, 0.05) is 0 Å². The predicted octanol–water partition coefficient (Wildman–Crippen LogP) is -0.801. The average Bonchev–Trinajstić information content (AvgIpc) is 1.84. The van der Waals surface area contributed by atoms with Gasteiger partial charge in [0.25, 0.3) is 0 Å². The molecule has 0 radical (unpaired) electrons. The third-order valence-electron chi connectivity index (χ3n) is 0.508. The van der Waals surface area contributed by atoms with Crippen LogP contribution in [-0.2, 0) is 18.7 Å². The first-order valence-electron chi connectivity index (χ1n) is 2.20. The van der Waals surface area contributed by atoms with Crippen LogP contribution in [0.5, 0.6) is 0 Å². The minimum atomic E-state index is -4.78. The number of rotatable bonds is 3. The van der Waals surface area contributed by atoms with Gasteiger partial charge in [-0.1, -0.05) is 0 Å². The Morgan fingerprint density at radius 2 is 2.00 bits per heavy atom. The standard InChI is InChI=1S/C4H3O6P/c5-2-1-4(3-6)10-11(7,8)9/h1H,(H2,7,8,9). The fraction of sp³-hybridized carbons (Fsp3) is 0. The van der Waals surface area contributed by atoms with Gasteiger partial charge in [0.05, 0.1) is 6.08 Å². The van der Waals surface area contributed by atoms with Crippen molar-refractivity contribution in [3.8, 4) is 0 Å². The number of carbonyl (C=O) groups excluding carboxylic acids is 2. The molecule has 0 spiro atoms. The van der Waals surface area contributed by atoms with E-state index in [9.17, 15) is 14.2 Å². The SMILES string of the molecule is O=C=CC(=C=O)OP(=O)(O)O. The second kappa shape index (κ2) is 3.88. The van der Waals surface area contributed by atoms with Gasteiger partial charge in [-0.3, -0.25) is 9.79 Å². The Labute approximate surface area is 61.0 Å². The summed E-state index contributed by atoms with van der Waals surface area (Å²) in [6.45, 7) is 0. The first kappa shape index (κ1) is 9.85. The predicted molar refractivity (Wildman–Crippen MR) is 32.6 cm³/mol. The van der Waals surface area contributed by atoms with E-state index in [-0.39, 0.29) is 0 Å². The van der Waals surface area contributed by atoms with Crippen LogP contribution in [0.25, 0.3) is 0 Å². The molecule has 11 heavy (non-hydrogen) atoms. The van der Waals surface area contributed by atoms with E-state index in [4.69, 9.17) is 9.79 Å². The number of phosphoric ester groups is 1. The zero-order valence-electron chi connectivity index (χ0n) is 5.05. The molecular formula is C4H3O6P. The van der Waals surface area contributed by atoms with Gasteiger partial charge >= 0.3 is 7.82 Å². The van der Waals surface area contributed by atoms with Gasteiger partial charge in [-0.25, -0.2) is 14.2 Å². The maximum Gasteiger partial charge on any atom is 0.525 e. The van der Waals surface area contributed by atoms with E-state index in [1.54, 1.807) is 0 Å². The van der Waals surface area contributed by atoms with Gasteiger partial charge in [-0.15, -0.1) is 0 Å². The van der Waals surface area contributed by atoms with E-state index in [1.165, 1.54) is 0 Å². The van der Waals surface area contributed by atoms with Crippen LogP contribution in [0.3, 0.4) is 0 Å². The van der Waals surface area contributed by atoms with Crippen molar-refractivity contribution < 1.29 is 28.5 Å². The van der Waals surface area contributed by atoms with Crippen LogP contribution in [0.4, 0.5) is 0 Å². The molecule has 0 unspecified atom stereocenters. The molecular weight excluding hydrogens is 175 g/mol. The minimum Gasteiger partial charge on any atom is -0.392 e. The molecule has 0 amide bonds. The number of allylic oxidation sites excluding steroid dienone is 1. The summed E-state index contributed by atoms with van der Waals surface area (Å²) in [6, 6.07) is 0. The van der Waals surface area contributed by atoms with Gasteiger partial charge in [-0.05, 0) is 0 Å². The Kier molecular flexibility index (Phi) is 3.48. The van der Waals surface area contributed by atoms with E-state index in [1.807, 2.05) is 0 Å². The van der Waals surface area contributed by atoms with Gasteiger partial charge in [0.1, 0.15) is 5.94 Å². The molecule has 0 aliphatic carbocycles. The van der Waals surface area contributed by atoms with Crippen LogP contribution < -0.4 is 0 Å². The molecule has 0 saturated carbocycles. The first-order valence-corrected chi connectivity index (χ1v) is 3.74. The highest BCUT2D eigenvalue weighted by atomic mass is 31.2. The number of hydrogen-bond donors (Lipinski definition) is 2. The van der Waals surface area contributed by atoms with Crippen molar-refractivity contribution in [2.45, 2.75) is 0 Å². The molecule has 7 heteroatoms. The third-order valence-corrected chi connectivity index (χ3v) is 0.942. The summed E-state index contributed by atoms with van der Waals surface area (Å²) in [4.78, 5) is 35.4. The smallest absolute Gasteiger partial charge is 0.392 e. The fourth-order valence-electron chi connectivity index (χ4n) is 0.256. The van der Waals surface area contributed by atoms with Crippen LogP contribution in [-0.4, -0.2) is 21.7 Å². The molecule has 0 heterocycles. The molecule has 0 saturated heterocycles. The van der Waals surface area contributed by atoms with E-state index >= 15 is 0 Å². The summed E-state index contributed by atoms with van der Waals surface area (Å²) in [5, 5.41) is 0. The quantitative estimate of drug-likeness (QED) is 0.254. The van der Waals surface area contributed by atoms with Crippen molar-refractivity contribution in [3.05, 3.63) is 11.8 Å². The zero-order chi connectivity index (χ0) is 8.91. The van der Waals surface area contributed by atoms with Crippen LogP contribution in [0, 0.1) is 0 Å². The molecule has 0 atom stereocenters. The molecule has 0 rings (SSSR count). The molecule has 0 fully saturated rings. The summed E-state index contributed by atoms with van der Waals surface area (Å²) in [7, 11) is -4.78. The summed E-state index contributed by atoms with van der Waals surface area (Å²) >= 11 is 0. The van der Waals surface area contributed by atoms with Crippen molar-refractivity contribution in [1.82, 2.24) is 0 Å². The minimum absolute atomic E-state index is 0.423. The lowest BCUT2D eigenvalue weighted by molar-refractivity contribution is 0.249. The summed E-state index contributed by atoms with van der Waals surface area (Å²) in [6.07, 6.45) is 0.423. The largest absolute Gasteiger partial charge is 0.525 e. The third kappa shape index (κ3) is 5.30. The Bertz CT molecular complexity index is 275. The maximum atomic E-state index is 10.00. The number of phosphoric acid groups is 1. The van der Waals surface area contributed by atoms with Crippen LogP contribution in [0.2, 0.25) is 0 Å². The second-order valence-electron chi connectivity index (χ2n) is 1.31. The highest BCUT2D eigenvalue weighted by molar-refractivity contribution is 7.46. The summed E-state index contributed by atoms with van der Waals surface area (Å²) < 4.78 is 13.7. The average molecular weight is 178 g/mol. The van der Waals surface area contributed by atoms with Crippen molar-refractivity contribution in [2.75, 3.05) is 0 Å². The van der Waals surface area contributed by atoms with Crippen LogP contribution >= 0.6 is 7.82 Å². The Morgan fingerprint density at radius 3 is 2.27 bits per heavy atom. The van der Waals surface area contributed by atoms with Crippen molar-refractivity contribution in [1.29, 1.82) is 0 Å². The van der Waals surface area contributed by atoms with Gasteiger partial charge in [0.15, 0.2) is 5.94 Å². The molecule has 60 valence electrons. The summed E-state index contributed by atoms with van der Waals surface area (Å²) in [5.74, 6) is 1.21. The topological polar surface area (TPSA) is 101 Å². The highest BCUT2D eigenvalue weighted by Gasteiger charge is 2.16. The van der Waals surface area contributed by atoms with Gasteiger partial charge < -0.3 is 4.52 Å². The maximum absolute atomic E-state index is 10.00. The fourth-order valence-corrected chi connectivity index (χ4v) is 0.602. The Morgan fingerprint density at radius 1 is 1.45 bits per heavy atom. The van der Waals surface area contributed by atoms with E-state index in [2.05, 4.69) is 4.52 Å². The van der Waals surface area contributed by atoms with E-state index in [0.29, 0.717) is 6.08 Å². The second-order valence-corrected chi connectivity index (χ2v) is 2.47. The van der Waals surface area contributed by atoms with Gasteiger partial charge in [-0.2, -0.15) is 0 Å². The first-order chi connectivity index (χ1) is 4.99. The molecule has 6 nitrogen and oxygen atoms in total. The zero-order valence-corrected chi connectivity index (χ0v) is 5.95. The molecule has 0 bridgehead atoms. The Hall–Kier alpha value is -1.15. The lowest BCUT2D eigenvalue weighted by Crippen LogP contribution is -1.87. The monoisotopic (exact) mass is 178 g/mol. The van der Waals surface area contributed by atoms with Crippen molar-refractivity contribution in [3.63, 3.8) is 0 Å². The van der Waals surface area contributed by atoms with Crippen LogP contribution in [0.15, 0.2) is 11.8 Å². The molecule has 2 N–H and O–H groups in total. The molecule has 0 aromatic heterocycles. The molecule has 0 aliphatic rings. The molecule has 0 aromatic rings. The summed E-state index contributed by atoms with van der Waals surface area (Å²) in [5.41, 5.74) is 0. The highest BCUT2D eigenvalue weighted by Crippen LogP contribution is 2.38. The number of hydrogen-bond acceptors (Lipinski definition) is 4. The normalized spacial score (nSPS) is 9.27. The van der Waals surface area contributed by atoms with Gasteiger partial charge in [0.2, 0.25) is 5.76 Å². The van der Waals surface area contributed by atoms with Crippen molar-refractivity contribution >= 4 is 19.7 Å². The van der Waals surface area contributed by atoms with E-state index < -0.39 is 13.6 Å². The van der Waals surface area contributed by atoms with Crippen LogP contribution in [0.1, 0.15) is 0 Å². The van der Waals surface area contributed by atoms with Crippen molar-refractivity contribution in [2.24, 2.45) is 0 Å². The molecule has 0 aromatic carbocycles. The molecule has 0 aliphatic heterocycles. The Balaban J connectivity index is 4.49. The van der Waals surface area contributed by atoms with E-state index in [0.717, 1.165) is 11.9 Å². The lowest BCUT2D eigenvalue weighted by atomic mass is 10.5. The lowest BCUT2D eigenvalue weighted by Gasteiger charge is -2.01.